The minimum Gasteiger partial charge on any atom is -0.490 e. The van der Waals surface area contributed by atoms with E-state index in [-0.39, 0.29) is 5.60 Å². The van der Waals surface area contributed by atoms with E-state index in [9.17, 15) is 0 Å². The van der Waals surface area contributed by atoms with Crippen molar-refractivity contribution in [1.82, 2.24) is 0 Å². The van der Waals surface area contributed by atoms with Crippen LogP contribution < -0.4 is 4.74 Å². The molecule has 4 aliphatic carbocycles. The summed E-state index contributed by atoms with van der Waals surface area (Å²) < 4.78 is 13.0. The molecule has 0 unspecified atom stereocenters. The molecule has 0 spiro atoms. The fourth-order valence-electron chi connectivity index (χ4n) is 8.04. The summed E-state index contributed by atoms with van der Waals surface area (Å²) in [5, 5.41) is 0. The van der Waals surface area contributed by atoms with Crippen LogP contribution in [-0.2, 0) is 4.74 Å². The van der Waals surface area contributed by atoms with Gasteiger partial charge in [0.15, 0.2) is 0 Å². The summed E-state index contributed by atoms with van der Waals surface area (Å²) in [7, 11) is 0. The van der Waals surface area contributed by atoms with Crippen molar-refractivity contribution in [2.45, 2.75) is 104 Å². The number of allylic oxidation sites excluding steroid dienone is 1. The molecular weight excluding hydrogens is 380 g/mol. The van der Waals surface area contributed by atoms with Gasteiger partial charge < -0.3 is 9.47 Å². The van der Waals surface area contributed by atoms with Crippen molar-refractivity contribution in [2.75, 3.05) is 0 Å². The lowest BCUT2D eigenvalue weighted by Crippen LogP contribution is -2.52. The quantitative estimate of drug-likeness (QED) is 0.467. The van der Waals surface area contributed by atoms with Crippen molar-refractivity contribution < 1.29 is 9.47 Å². The average molecular weight is 423 g/mol. The van der Waals surface area contributed by atoms with Crippen LogP contribution >= 0.6 is 0 Å². The van der Waals surface area contributed by atoms with Crippen molar-refractivity contribution in [3.05, 3.63) is 42.0 Å². The second kappa shape index (κ2) is 7.65. The van der Waals surface area contributed by atoms with Crippen molar-refractivity contribution in [1.29, 1.82) is 0 Å². The summed E-state index contributed by atoms with van der Waals surface area (Å²) in [5.74, 6) is 3.53. The molecule has 0 radical (unpaired) electrons. The lowest BCUT2D eigenvalue weighted by Gasteiger charge is -2.58. The summed E-state index contributed by atoms with van der Waals surface area (Å²) >= 11 is 0. The summed E-state index contributed by atoms with van der Waals surface area (Å²) in [5.41, 5.74) is 2.39. The molecule has 0 aromatic heterocycles. The van der Waals surface area contributed by atoms with Gasteiger partial charge in [0.05, 0.1) is 11.7 Å². The number of para-hydroxylation sites is 1. The Hall–Kier alpha value is -1.28. The standard InChI is InChI=1S/C29H42O2/c1-27(2,3)31-22-15-17-28(4)20(19-22)11-12-23-24-13-14-26(29(24,5)18-16-25(23)28)30-21-9-7-6-8-10-21/h6-11,22-26H,12-19H2,1-5H3/t22-,23+,24-,25-,26-,28-,29+/m0/s1. The van der Waals surface area contributed by atoms with Crippen molar-refractivity contribution in [3.8, 4) is 5.75 Å². The molecule has 0 bridgehead atoms. The fraction of sp³-hybridized carbons (Fsp3) is 0.724. The molecule has 31 heavy (non-hydrogen) atoms. The second-order valence-electron chi connectivity index (χ2n) is 12.4. The average Bonchev–Trinajstić information content (AvgIpc) is 3.04. The van der Waals surface area contributed by atoms with Crippen LogP contribution in [0.4, 0.5) is 0 Å². The maximum atomic E-state index is 6.59. The molecule has 1 aromatic rings. The Labute approximate surface area is 189 Å². The van der Waals surface area contributed by atoms with Crippen LogP contribution in [-0.4, -0.2) is 17.8 Å². The third-order valence-corrected chi connectivity index (χ3v) is 9.51. The van der Waals surface area contributed by atoms with Gasteiger partial charge in [-0.1, -0.05) is 43.7 Å². The number of hydrogen-bond acceptors (Lipinski definition) is 2. The maximum absolute atomic E-state index is 6.59. The smallest absolute Gasteiger partial charge is 0.119 e. The highest BCUT2D eigenvalue weighted by Gasteiger charge is 2.59. The molecule has 0 saturated heterocycles. The Morgan fingerprint density at radius 1 is 0.903 bits per heavy atom. The Morgan fingerprint density at radius 2 is 1.68 bits per heavy atom. The summed E-state index contributed by atoms with van der Waals surface area (Å²) in [6, 6.07) is 10.5. The lowest BCUT2D eigenvalue weighted by atomic mass is 9.48. The van der Waals surface area contributed by atoms with Crippen molar-refractivity contribution in [3.63, 3.8) is 0 Å². The number of ether oxygens (including phenoxy) is 2. The number of rotatable bonds is 3. The van der Waals surface area contributed by atoms with E-state index in [1.54, 1.807) is 5.57 Å². The van der Waals surface area contributed by atoms with Crippen LogP contribution in [0.25, 0.3) is 0 Å². The van der Waals surface area contributed by atoms with Gasteiger partial charge in [0.25, 0.3) is 0 Å². The molecule has 4 aliphatic rings. The Morgan fingerprint density at radius 3 is 2.42 bits per heavy atom. The van der Waals surface area contributed by atoms with Crippen LogP contribution in [0.2, 0.25) is 0 Å². The number of benzene rings is 1. The molecule has 5 rings (SSSR count). The second-order valence-corrected chi connectivity index (χ2v) is 12.4. The van der Waals surface area contributed by atoms with E-state index < -0.39 is 0 Å². The molecule has 3 fully saturated rings. The third kappa shape index (κ3) is 3.77. The van der Waals surface area contributed by atoms with Crippen molar-refractivity contribution in [2.24, 2.45) is 28.6 Å². The SMILES string of the molecule is CC(C)(C)O[C@H]1CC[C@@]2(C)C(=CC[C@@H]3[C@@H]4CC[C@H](Oc5ccccc5)[C@]4(C)CC[C@@H]32)C1. The van der Waals surface area contributed by atoms with E-state index in [1.807, 2.05) is 0 Å². The fourth-order valence-corrected chi connectivity index (χ4v) is 8.04. The van der Waals surface area contributed by atoms with Gasteiger partial charge in [-0.25, -0.2) is 0 Å². The lowest BCUT2D eigenvalue weighted by molar-refractivity contribution is -0.0971. The molecule has 0 amide bonds. The predicted octanol–water partition coefficient (Wildman–Crippen LogP) is 7.58. The Bertz CT molecular complexity index is 821. The van der Waals surface area contributed by atoms with Gasteiger partial charge in [0.1, 0.15) is 11.9 Å². The van der Waals surface area contributed by atoms with Gasteiger partial charge >= 0.3 is 0 Å². The van der Waals surface area contributed by atoms with Crippen LogP contribution in [0.1, 0.15) is 86.0 Å². The highest BCUT2D eigenvalue weighted by molar-refractivity contribution is 5.26. The molecule has 7 atom stereocenters. The first kappa shape index (κ1) is 21.6. The van der Waals surface area contributed by atoms with Gasteiger partial charge in [-0.2, -0.15) is 0 Å². The normalized spacial score (nSPS) is 42.2. The Balaban J connectivity index is 1.34. The van der Waals surface area contributed by atoms with Gasteiger partial charge in [-0.15, -0.1) is 0 Å². The topological polar surface area (TPSA) is 18.5 Å². The summed E-state index contributed by atoms with van der Waals surface area (Å²) in [6.45, 7) is 11.7. The van der Waals surface area contributed by atoms with Gasteiger partial charge in [-0.05, 0) is 107 Å². The summed E-state index contributed by atoms with van der Waals surface area (Å²) in [6.07, 6.45) is 13.6. The minimum atomic E-state index is -0.0412. The van der Waals surface area contributed by atoms with Crippen LogP contribution in [0.15, 0.2) is 42.0 Å². The first-order valence-electron chi connectivity index (χ1n) is 12.8. The van der Waals surface area contributed by atoms with Gasteiger partial charge in [-0.3, -0.25) is 0 Å². The van der Waals surface area contributed by atoms with E-state index in [4.69, 9.17) is 9.47 Å². The molecule has 0 N–H and O–H groups in total. The number of hydrogen-bond donors (Lipinski definition) is 0. The monoisotopic (exact) mass is 422 g/mol. The Kier molecular flexibility index (Phi) is 5.32. The summed E-state index contributed by atoms with van der Waals surface area (Å²) in [4.78, 5) is 0. The molecular formula is C29H42O2. The maximum Gasteiger partial charge on any atom is 0.119 e. The van der Waals surface area contributed by atoms with Crippen LogP contribution in [0, 0.1) is 28.6 Å². The van der Waals surface area contributed by atoms with Gasteiger partial charge in [0.2, 0.25) is 0 Å². The molecule has 0 aliphatic heterocycles. The largest absolute Gasteiger partial charge is 0.490 e. The number of fused-ring (bicyclic) bond motifs is 5. The molecule has 3 saturated carbocycles. The molecule has 2 heteroatoms. The predicted molar refractivity (Wildman–Crippen MR) is 127 cm³/mol. The van der Waals surface area contributed by atoms with E-state index in [2.05, 4.69) is 71.0 Å². The first-order chi connectivity index (χ1) is 14.7. The van der Waals surface area contributed by atoms with Gasteiger partial charge in [0, 0.05) is 5.41 Å². The highest BCUT2D eigenvalue weighted by atomic mass is 16.5. The van der Waals surface area contributed by atoms with E-state index in [1.165, 1.54) is 44.9 Å². The molecule has 2 nitrogen and oxygen atoms in total. The highest BCUT2D eigenvalue weighted by Crippen LogP contribution is 2.65. The van der Waals surface area contributed by atoms with Crippen LogP contribution in [0.5, 0.6) is 5.75 Å². The molecule has 0 heterocycles. The minimum absolute atomic E-state index is 0.0412. The van der Waals surface area contributed by atoms with Crippen LogP contribution in [0.3, 0.4) is 0 Å². The zero-order valence-electron chi connectivity index (χ0n) is 20.3. The zero-order valence-corrected chi connectivity index (χ0v) is 20.3. The third-order valence-electron chi connectivity index (χ3n) is 9.51. The van der Waals surface area contributed by atoms with E-state index in [0.29, 0.717) is 23.0 Å². The van der Waals surface area contributed by atoms with E-state index >= 15 is 0 Å². The van der Waals surface area contributed by atoms with Crippen molar-refractivity contribution >= 4 is 0 Å². The molecule has 170 valence electrons. The zero-order chi connectivity index (χ0) is 21.9. The van der Waals surface area contributed by atoms with E-state index in [0.717, 1.165) is 29.9 Å². The molecule has 1 aromatic carbocycles. The first-order valence-corrected chi connectivity index (χ1v) is 12.8.